The van der Waals surface area contributed by atoms with Gasteiger partial charge in [0.25, 0.3) is 0 Å². The van der Waals surface area contributed by atoms with E-state index in [0.29, 0.717) is 31.1 Å². The van der Waals surface area contributed by atoms with Gasteiger partial charge in [-0.25, -0.2) is 19.5 Å². The van der Waals surface area contributed by atoms with Crippen LogP contribution in [0.1, 0.15) is 12.8 Å². The van der Waals surface area contributed by atoms with Crippen molar-refractivity contribution in [2.75, 3.05) is 32.8 Å². The fourth-order valence-corrected chi connectivity index (χ4v) is 3.87. The SMILES string of the molecule is COCCOC1CC(Nc2ncc3c(-c4ccc5ncnc(OC)c5c4)ccn3n2)C1. The van der Waals surface area contributed by atoms with Gasteiger partial charge in [-0.3, -0.25) is 0 Å². The van der Waals surface area contributed by atoms with Gasteiger partial charge in [0, 0.05) is 24.9 Å². The molecule has 31 heavy (non-hydrogen) atoms. The second-order valence-corrected chi connectivity index (χ2v) is 7.55. The largest absolute Gasteiger partial charge is 0.480 e. The van der Waals surface area contributed by atoms with Gasteiger partial charge in [-0.2, -0.15) is 0 Å². The van der Waals surface area contributed by atoms with Crippen molar-refractivity contribution in [3.05, 3.63) is 43.0 Å². The molecule has 160 valence electrons. The zero-order chi connectivity index (χ0) is 21.2. The molecule has 9 heteroatoms. The summed E-state index contributed by atoms with van der Waals surface area (Å²) in [5.41, 5.74) is 3.83. The third-order valence-electron chi connectivity index (χ3n) is 5.59. The van der Waals surface area contributed by atoms with E-state index in [0.717, 1.165) is 40.4 Å². The van der Waals surface area contributed by atoms with Crippen LogP contribution in [0.5, 0.6) is 5.88 Å². The van der Waals surface area contributed by atoms with Crippen LogP contribution in [0.15, 0.2) is 43.0 Å². The van der Waals surface area contributed by atoms with E-state index in [1.807, 2.05) is 41.2 Å². The molecule has 3 heterocycles. The summed E-state index contributed by atoms with van der Waals surface area (Å²) < 4.78 is 18.0. The molecule has 1 saturated carbocycles. The van der Waals surface area contributed by atoms with Crippen molar-refractivity contribution in [2.45, 2.75) is 25.0 Å². The molecule has 1 N–H and O–H groups in total. The smallest absolute Gasteiger partial charge is 0.241 e. The molecule has 3 aromatic heterocycles. The predicted octanol–water partition coefficient (Wildman–Crippen LogP) is 2.95. The first kappa shape index (κ1) is 19.7. The zero-order valence-electron chi connectivity index (χ0n) is 17.5. The van der Waals surface area contributed by atoms with E-state index in [1.165, 1.54) is 6.33 Å². The third-order valence-corrected chi connectivity index (χ3v) is 5.59. The Morgan fingerprint density at radius 1 is 1.10 bits per heavy atom. The average Bonchev–Trinajstić information content (AvgIpc) is 3.20. The number of ether oxygens (including phenoxy) is 3. The monoisotopic (exact) mass is 420 g/mol. The van der Waals surface area contributed by atoms with Gasteiger partial charge >= 0.3 is 0 Å². The number of hydrogen-bond acceptors (Lipinski definition) is 8. The number of benzene rings is 1. The van der Waals surface area contributed by atoms with Crippen molar-refractivity contribution in [2.24, 2.45) is 0 Å². The fraction of sp³-hybridized carbons (Fsp3) is 0.364. The quantitative estimate of drug-likeness (QED) is 0.435. The number of methoxy groups -OCH3 is 2. The van der Waals surface area contributed by atoms with Gasteiger partial charge in [-0.15, -0.1) is 5.10 Å². The van der Waals surface area contributed by atoms with Crippen LogP contribution in [-0.2, 0) is 9.47 Å². The van der Waals surface area contributed by atoms with Gasteiger partial charge in [-0.05, 0) is 36.6 Å². The molecule has 0 bridgehead atoms. The number of nitrogens with zero attached hydrogens (tertiary/aromatic N) is 5. The van der Waals surface area contributed by atoms with Crippen LogP contribution in [-0.4, -0.2) is 64.1 Å². The van der Waals surface area contributed by atoms with E-state index in [9.17, 15) is 0 Å². The summed E-state index contributed by atoms with van der Waals surface area (Å²) in [6.07, 6.45) is 7.47. The maximum atomic E-state index is 5.73. The first-order chi connectivity index (χ1) is 15.2. The standard InChI is InChI=1S/C22H24N6O3/c1-29-7-8-31-16-10-15(11-16)26-22-23-12-20-17(5-6-28(20)27-22)14-3-4-19-18(9-14)21(30-2)25-13-24-19/h3-6,9,12-13,15-16H,7-8,10-11H2,1-2H3,(H,26,27). The highest BCUT2D eigenvalue weighted by molar-refractivity contribution is 5.91. The summed E-state index contributed by atoms with van der Waals surface area (Å²) in [5.74, 6) is 1.17. The Bertz CT molecular complexity index is 1200. The van der Waals surface area contributed by atoms with Gasteiger partial charge in [0.2, 0.25) is 11.8 Å². The maximum Gasteiger partial charge on any atom is 0.241 e. The van der Waals surface area contributed by atoms with Crippen LogP contribution in [0.25, 0.3) is 27.5 Å². The minimum Gasteiger partial charge on any atom is -0.480 e. The van der Waals surface area contributed by atoms with E-state index < -0.39 is 0 Å². The maximum absolute atomic E-state index is 5.73. The fourth-order valence-electron chi connectivity index (χ4n) is 3.87. The van der Waals surface area contributed by atoms with Gasteiger partial charge < -0.3 is 19.5 Å². The third kappa shape index (κ3) is 3.89. The second-order valence-electron chi connectivity index (χ2n) is 7.55. The van der Waals surface area contributed by atoms with E-state index >= 15 is 0 Å². The summed E-state index contributed by atoms with van der Waals surface area (Å²) in [5, 5.41) is 8.88. The van der Waals surface area contributed by atoms with Crippen LogP contribution >= 0.6 is 0 Å². The van der Waals surface area contributed by atoms with Crippen molar-refractivity contribution < 1.29 is 14.2 Å². The molecule has 0 radical (unpaired) electrons. The number of anilines is 1. The average molecular weight is 420 g/mol. The zero-order valence-corrected chi connectivity index (χ0v) is 17.5. The molecular formula is C22H24N6O3. The lowest BCUT2D eigenvalue weighted by Gasteiger charge is -2.35. The topological polar surface area (TPSA) is 95.7 Å². The van der Waals surface area contributed by atoms with Crippen LogP contribution < -0.4 is 10.1 Å². The minimum absolute atomic E-state index is 0.281. The molecule has 5 rings (SSSR count). The van der Waals surface area contributed by atoms with Gasteiger partial charge in [-0.1, -0.05) is 6.07 Å². The van der Waals surface area contributed by atoms with Crippen LogP contribution in [0.2, 0.25) is 0 Å². The number of hydrogen-bond donors (Lipinski definition) is 1. The van der Waals surface area contributed by atoms with Crippen molar-refractivity contribution >= 4 is 22.4 Å². The molecule has 0 spiro atoms. The summed E-state index contributed by atoms with van der Waals surface area (Å²) in [4.78, 5) is 13.0. The summed E-state index contributed by atoms with van der Waals surface area (Å²) in [7, 11) is 3.29. The molecule has 1 aliphatic carbocycles. The van der Waals surface area contributed by atoms with E-state index in [1.54, 1.807) is 14.2 Å². The lowest BCUT2D eigenvalue weighted by Crippen LogP contribution is -2.41. The lowest BCUT2D eigenvalue weighted by molar-refractivity contribution is -0.0261. The summed E-state index contributed by atoms with van der Waals surface area (Å²) >= 11 is 0. The normalized spacial score (nSPS) is 18.3. The number of rotatable bonds is 8. The molecule has 0 amide bonds. The number of aromatic nitrogens is 5. The van der Waals surface area contributed by atoms with Crippen LogP contribution in [0.3, 0.4) is 0 Å². The highest BCUT2D eigenvalue weighted by Gasteiger charge is 2.30. The van der Waals surface area contributed by atoms with Crippen LogP contribution in [0.4, 0.5) is 5.95 Å². The predicted molar refractivity (Wildman–Crippen MR) is 116 cm³/mol. The summed E-state index contributed by atoms with van der Waals surface area (Å²) in [6, 6.07) is 8.40. The van der Waals surface area contributed by atoms with Gasteiger partial charge in [0.15, 0.2) is 0 Å². The van der Waals surface area contributed by atoms with Crippen molar-refractivity contribution in [1.29, 1.82) is 0 Å². The minimum atomic E-state index is 0.281. The van der Waals surface area contributed by atoms with E-state index in [4.69, 9.17) is 14.2 Å². The molecule has 1 fully saturated rings. The molecule has 0 unspecified atom stereocenters. The first-order valence-electron chi connectivity index (χ1n) is 10.3. The van der Waals surface area contributed by atoms with E-state index in [2.05, 4.69) is 25.4 Å². The molecule has 1 aromatic carbocycles. The molecule has 1 aliphatic rings. The second kappa shape index (κ2) is 8.44. The van der Waals surface area contributed by atoms with Crippen molar-refractivity contribution in [1.82, 2.24) is 24.6 Å². The Balaban J connectivity index is 1.33. The Kier molecular flexibility index (Phi) is 5.35. The number of nitrogens with one attached hydrogen (secondary N) is 1. The first-order valence-corrected chi connectivity index (χ1v) is 10.3. The van der Waals surface area contributed by atoms with Crippen LogP contribution in [0, 0.1) is 0 Å². The molecule has 0 saturated heterocycles. The lowest BCUT2D eigenvalue weighted by atomic mass is 9.89. The molecule has 0 aliphatic heterocycles. The highest BCUT2D eigenvalue weighted by atomic mass is 16.5. The molecule has 0 atom stereocenters. The molecular weight excluding hydrogens is 396 g/mol. The highest BCUT2D eigenvalue weighted by Crippen LogP contribution is 2.31. The Labute approximate surface area is 179 Å². The summed E-state index contributed by atoms with van der Waals surface area (Å²) in [6.45, 7) is 1.26. The van der Waals surface area contributed by atoms with Gasteiger partial charge in [0.1, 0.15) is 6.33 Å². The van der Waals surface area contributed by atoms with E-state index in [-0.39, 0.29) is 6.10 Å². The Morgan fingerprint density at radius 3 is 2.84 bits per heavy atom. The molecule has 4 aromatic rings. The van der Waals surface area contributed by atoms with Gasteiger partial charge in [0.05, 0.1) is 49.0 Å². The Morgan fingerprint density at radius 2 is 2.00 bits per heavy atom. The Hall–Kier alpha value is -3.30. The van der Waals surface area contributed by atoms with Crippen molar-refractivity contribution in [3.63, 3.8) is 0 Å². The molecule has 9 nitrogen and oxygen atoms in total. The number of fused-ring (bicyclic) bond motifs is 2. The van der Waals surface area contributed by atoms with Crippen molar-refractivity contribution in [3.8, 4) is 17.0 Å².